The van der Waals surface area contributed by atoms with Crippen LogP contribution >= 0.6 is 0 Å². The number of hydrogen-bond acceptors (Lipinski definition) is 4. The van der Waals surface area contributed by atoms with E-state index in [9.17, 15) is 0 Å². The minimum atomic E-state index is 0.425. The zero-order valence-electron chi connectivity index (χ0n) is 9.61. The Labute approximate surface area is 100 Å². The van der Waals surface area contributed by atoms with Crippen molar-refractivity contribution in [2.24, 2.45) is 0 Å². The quantitative estimate of drug-likeness (QED) is 0.791. The van der Waals surface area contributed by atoms with Gasteiger partial charge in [0.15, 0.2) is 0 Å². The first kappa shape index (κ1) is 10.4. The van der Waals surface area contributed by atoms with Crippen LogP contribution in [0.25, 0.3) is 0 Å². The summed E-state index contributed by atoms with van der Waals surface area (Å²) in [7, 11) is 0. The molecule has 0 bridgehead atoms. The molecule has 1 saturated heterocycles. The summed E-state index contributed by atoms with van der Waals surface area (Å²) < 4.78 is 1.87. The molecule has 0 unspecified atom stereocenters. The molecule has 1 aliphatic rings. The highest BCUT2D eigenvalue weighted by atomic mass is 15.5. The third-order valence-electron chi connectivity index (χ3n) is 3.24. The second-order valence-corrected chi connectivity index (χ2v) is 4.45. The van der Waals surface area contributed by atoms with Crippen molar-refractivity contribution >= 4 is 0 Å². The molecular weight excluding hydrogens is 214 g/mol. The standard InChI is InChI=1S/C12H15N5/c1-2-4-11(5-3-1)8-16-7-6-12(9-16)17-10-13-14-15-17/h1-5,10,12H,6-9H2/t12-/m1/s1. The number of aromatic nitrogens is 4. The van der Waals surface area contributed by atoms with Crippen LogP contribution < -0.4 is 0 Å². The second kappa shape index (κ2) is 4.63. The van der Waals surface area contributed by atoms with Crippen LogP contribution in [0.3, 0.4) is 0 Å². The smallest absolute Gasteiger partial charge is 0.138 e. The molecule has 1 atom stereocenters. The molecule has 2 heterocycles. The number of tetrazole rings is 1. The number of hydrogen-bond donors (Lipinski definition) is 0. The molecule has 0 radical (unpaired) electrons. The third kappa shape index (κ3) is 2.34. The predicted octanol–water partition coefficient (Wildman–Crippen LogP) is 1.12. The Morgan fingerprint density at radius 3 is 2.88 bits per heavy atom. The van der Waals surface area contributed by atoms with Gasteiger partial charge in [-0.25, -0.2) is 4.68 Å². The van der Waals surface area contributed by atoms with Crippen molar-refractivity contribution in [2.75, 3.05) is 13.1 Å². The van der Waals surface area contributed by atoms with E-state index in [-0.39, 0.29) is 0 Å². The molecule has 1 aromatic heterocycles. The minimum Gasteiger partial charge on any atom is -0.297 e. The van der Waals surface area contributed by atoms with Gasteiger partial charge in [0.05, 0.1) is 6.04 Å². The first-order valence-corrected chi connectivity index (χ1v) is 5.90. The third-order valence-corrected chi connectivity index (χ3v) is 3.24. The van der Waals surface area contributed by atoms with Gasteiger partial charge >= 0.3 is 0 Å². The summed E-state index contributed by atoms with van der Waals surface area (Å²) in [5.41, 5.74) is 1.37. The molecule has 2 aromatic rings. The highest BCUT2D eigenvalue weighted by molar-refractivity contribution is 5.14. The van der Waals surface area contributed by atoms with Gasteiger partial charge in [0, 0.05) is 19.6 Å². The van der Waals surface area contributed by atoms with E-state index in [0.29, 0.717) is 6.04 Å². The number of likely N-dealkylation sites (tertiary alicyclic amines) is 1. The highest BCUT2D eigenvalue weighted by Gasteiger charge is 2.24. The van der Waals surface area contributed by atoms with Crippen LogP contribution in [-0.2, 0) is 6.54 Å². The maximum atomic E-state index is 3.97. The van der Waals surface area contributed by atoms with E-state index in [1.54, 1.807) is 6.33 Å². The van der Waals surface area contributed by atoms with Gasteiger partial charge in [-0.15, -0.1) is 5.10 Å². The summed E-state index contributed by atoms with van der Waals surface area (Å²) in [6.07, 6.45) is 2.83. The van der Waals surface area contributed by atoms with Gasteiger partial charge < -0.3 is 0 Å². The second-order valence-electron chi connectivity index (χ2n) is 4.45. The van der Waals surface area contributed by atoms with E-state index in [2.05, 4.69) is 50.8 Å². The van der Waals surface area contributed by atoms with Gasteiger partial charge in [0.25, 0.3) is 0 Å². The molecule has 0 spiro atoms. The van der Waals surface area contributed by atoms with Crippen molar-refractivity contribution in [3.05, 3.63) is 42.2 Å². The lowest BCUT2D eigenvalue weighted by Crippen LogP contribution is -2.21. The summed E-state index contributed by atoms with van der Waals surface area (Å²) in [5.74, 6) is 0. The molecule has 5 nitrogen and oxygen atoms in total. The van der Waals surface area contributed by atoms with Gasteiger partial charge in [-0.3, -0.25) is 4.90 Å². The van der Waals surface area contributed by atoms with E-state index in [0.717, 1.165) is 26.1 Å². The van der Waals surface area contributed by atoms with E-state index < -0.39 is 0 Å². The summed E-state index contributed by atoms with van der Waals surface area (Å²) >= 11 is 0. The van der Waals surface area contributed by atoms with E-state index in [4.69, 9.17) is 0 Å². The fourth-order valence-corrected chi connectivity index (χ4v) is 2.35. The summed E-state index contributed by atoms with van der Waals surface area (Å²) in [5, 5.41) is 11.3. The monoisotopic (exact) mass is 229 g/mol. The molecular formula is C12H15N5. The lowest BCUT2D eigenvalue weighted by Gasteiger charge is -2.15. The average molecular weight is 229 g/mol. The van der Waals surface area contributed by atoms with Crippen LogP contribution in [0.15, 0.2) is 36.7 Å². The lowest BCUT2D eigenvalue weighted by molar-refractivity contribution is 0.310. The van der Waals surface area contributed by atoms with Crippen LogP contribution in [-0.4, -0.2) is 38.2 Å². The molecule has 1 aromatic carbocycles. The molecule has 0 N–H and O–H groups in total. The van der Waals surface area contributed by atoms with Gasteiger partial charge in [0.1, 0.15) is 6.33 Å². The maximum absolute atomic E-state index is 3.97. The van der Waals surface area contributed by atoms with Crippen molar-refractivity contribution in [3.8, 4) is 0 Å². The molecule has 0 amide bonds. The summed E-state index contributed by atoms with van der Waals surface area (Å²) in [6, 6.07) is 11.0. The van der Waals surface area contributed by atoms with Gasteiger partial charge in [-0.1, -0.05) is 30.3 Å². The van der Waals surface area contributed by atoms with Gasteiger partial charge in [0.2, 0.25) is 0 Å². The van der Waals surface area contributed by atoms with Crippen LogP contribution in [0.5, 0.6) is 0 Å². The number of rotatable bonds is 3. The topological polar surface area (TPSA) is 46.8 Å². The van der Waals surface area contributed by atoms with Gasteiger partial charge in [-0.05, 0) is 22.4 Å². The fourth-order valence-electron chi connectivity index (χ4n) is 2.35. The molecule has 0 aliphatic carbocycles. The Hall–Kier alpha value is -1.75. The molecule has 1 fully saturated rings. The van der Waals surface area contributed by atoms with Crippen LogP contribution in [0.1, 0.15) is 18.0 Å². The van der Waals surface area contributed by atoms with Crippen molar-refractivity contribution < 1.29 is 0 Å². The van der Waals surface area contributed by atoms with E-state index >= 15 is 0 Å². The Kier molecular flexibility index (Phi) is 2.83. The Bertz CT molecular complexity index is 453. The maximum Gasteiger partial charge on any atom is 0.138 e. The lowest BCUT2D eigenvalue weighted by atomic mass is 10.2. The predicted molar refractivity (Wildman–Crippen MR) is 63.2 cm³/mol. The van der Waals surface area contributed by atoms with E-state index in [1.165, 1.54) is 5.56 Å². The largest absolute Gasteiger partial charge is 0.297 e. The average Bonchev–Trinajstić information content (AvgIpc) is 3.00. The van der Waals surface area contributed by atoms with Crippen molar-refractivity contribution in [1.82, 2.24) is 25.1 Å². The van der Waals surface area contributed by atoms with Crippen molar-refractivity contribution in [1.29, 1.82) is 0 Å². The molecule has 3 rings (SSSR count). The normalized spacial score (nSPS) is 20.8. The van der Waals surface area contributed by atoms with E-state index in [1.807, 2.05) is 4.68 Å². The zero-order chi connectivity index (χ0) is 11.5. The summed E-state index contributed by atoms with van der Waals surface area (Å²) in [4.78, 5) is 2.45. The van der Waals surface area contributed by atoms with Crippen LogP contribution in [0.2, 0.25) is 0 Å². The molecule has 88 valence electrons. The molecule has 0 saturated carbocycles. The molecule has 1 aliphatic heterocycles. The highest BCUT2D eigenvalue weighted by Crippen LogP contribution is 2.21. The van der Waals surface area contributed by atoms with Crippen molar-refractivity contribution in [3.63, 3.8) is 0 Å². The SMILES string of the molecule is c1ccc(CN2CC[C@@H](n3cnnn3)C2)cc1. The fraction of sp³-hybridized carbons (Fsp3) is 0.417. The number of nitrogens with zero attached hydrogens (tertiary/aromatic N) is 5. The number of benzene rings is 1. The Morgan fingerprint density at radius 2 is 2.12 bits per heavy atom. The van der Waals surface area contributed by atoms with Crippen LogP contribution in [0, 0.1) is 0 Å². The molecule has 5 heteroatoms. The van der Waals surface area contributed by atoms with Crippen LogP contribution in [0.4, 0.5) is 0 Å². The van der Waals surface area contributed by atoms with Gasteiger partial charge in [-0.2, -0.15) is 0 Å². The Morgan fingerprint density at radius 1 is 1.24 bits per heavy atom. The Balaban J connectivity index is 1.61. The van der Waals surface area contributed by atoms with Crippen molar-refractivity contribution in [2.45, 2.75) is 19.0 Å². The first-order valence-electron chi connectivity index (χ1n) is 5.90. The zero-order valence-corrected chi connectivity index (χ0v) is 9.61. The summed E-state index contributed by atoms with van der Waals surface area (Å²) in [6.45, 7) is 3.15. The minimum absolute atomic E-state index is 0.425. The molecule has 17 heavy (non-hydrogen) atoms. The first-order chi connectivity index (χ1) is 8.42.